The van der Waals surface area contributed by atoms with Gasteiger partial charge in [-0.15, -0.1) is 0 Å². The minimum Gasteiger partial charge on any atom is -0.612 e. The molecule has 2 aromatic rings. The van der Waals surface area contributed by atoms with Crippen molar-refractivity contribution in [1.29, 1.82) is 0 Å². The Balaban J connectivity index is 2.32. The van der Waals surface area contributed by atoms with Gasteiger partial charge in [0.05, 0.1) is 53.8 Å². The first kappa shape index (κ1) is 22.6. The number of hydrogen-bond donors (Lipinski definition) is 0. The molecule has 0 bridgehead atoms. The fourth-order valence-electron chi connectivity index (χ4n) is 2.75. The topological polar surface area (TPSA) is 78.4 Å². The Morgan fingerprint density at radius 1 is 0.690 bits per heavy atom. The van der Waals surface area contributed by atoms with Gasteiger partial charge >= 0.3 is 0 Å². The Kier molecular flexibility index (Phi) is 8.35. The van der Waals surface area contributed by atoms with Crippen LogP contribution in [0.5, 0.6) is 34.5 Å². The maximum Gasteiger partial charge on any atom is 0.142 e. The van der Waals surface area contributed by atoms with E-state index in [0.717, 1.165) is 0 Å². The van der Waals surface area contributed by atoms with Crippen molar-refractivity contribution >= 4 is 17.3 Å². The minimum absolute atomic E-state index is 0.202. The lowest BCUT2D eigenvalue weighted by atomic mass is 10.1. The van der Waals surface area contributed by atoms with Gasteiger partial charge in [-0.25, -0.2) is 0 Å². The predicted octanol–water partition coefficient (Wildman–Crippen LogP) is 3.66. The van der Waals surface area contributed by atoms with E-state index in [2.05, 4.69) is 0 Å². The van der Waals surface area contributed by atoms with E-state index >= 15 is 0 Å². The summed E-state index contributed by atoms with van der Waals surface area (Å²) >= 11 is -1.36. The summed E-state index contributed by atoms with van der Waals surface area (Å²) in [4.78, 5) is 0. The van der Waals surface area contributed by atoms with E-state index in [9.17, 15) is 4.55 Å². The molecule has 0 fully saturated rings. The third-order valence-corrected chi connectivity index (χ3v) is 5.26. The molecule has 1 atom stereocenters. The molecule has 2 aromatic carbocycles. The lowest BCUT2D eigenvalue weighted by Crippen LogP contribution is -2.05. The second-order valence-electron chi connectivity index (χ2n) is 5.78. The molecule has 0 N–H and O–H groups in total. The Labute approximate surface area is 174 Å². The zero-order valence-electron chi connectivity index (χ0n) is 17.4. The third-order valence-electron chi connectivity index (χ3n) is 4.24. The van der Waals surface area contributed by atoms with Gasteiger partial charge in [-0.3, -0.25) is 0 Å². The fourth-order valence-corrected chi connectivity index (χ4v) is 3.70. The Hall–Kier alpha value is -2.71. The molecule has 0 saturated carbocycles. The molecule has 1 unspecified atom stereocenters. The van der Waals surface area contributed by atoms with Gasteiger partial charge in [0.15, 0.2) is 0 Å². The van der Waals surface area contributed by atoms with Gasteiger partial charge in [0.2, 0.25) is 0 Å². The van der Waals surface area contributed by atoms with Crippen molar-refractivity contribution in [3.8, 4) is 34.5 Å². The van der Waals surface area contributed by atoms with Crippen LogP contribution in [-0.4, -0.2) is 47.2 Å². The highest BCUT2D eigenvalue weighted by Gasteiger charge is 2.19. The van der Waals surface area contributed by atoms with Gasteiger partial charge in [-0.1, -0.05) is 0 Å². The summed E-state index contributed by atoms with van der Waals surface area (Å²) in [5.74, 6) is 3.59. The highest BCUT2D eigenvalue weighted by Crippen LogP contribution is 2.37. The molecule has 7 nitrogen and oxygen atoms in total. The molecular formula is C21H26O7S. The van der Waals surface area contributed by atoms with Gasteiger partial charge in [0.1, 0.15) is 45.7 Å². The largest absolute Gasteiger partial charge is 0.612 e. The molecule has 29 heavy (non-hydrogen) atoms. The van der Waals surface area contributed by atoms with Crippen molar-refractivity contribution in [2.45, 2.75) is 5.75 Å². The van der Waals surface area contributed by atoms with Crippen molar-refractivity contribution in [1.82, 2.24) is 0 Å². The SMILES string of the molecule is COc1cc(OC)c(C=C[S+]([O-])Cc2c(OC)cc(OC)cc2OC)c(OC)c1. The normalized spacial score (nSPS) is 11.8. The van der Waals surface area contributed by atoms with Crippen molar-refractivity contribution < 1.29 is 33.0 Å². The Morgan fingerprint density at radius 3 is 1.48 bits per heavy atom. The number of hydrogen-bond acceptors (Lipinski definition) is 7. The second-order valence-corrected chi connectivity index (χ2v) is 7.11. The zero-order chi connectivity index (χ0) is 21.4. The number of benzene rings is 2. The van der Waals surface area contributed by atoms with Crippen molar-refractivity contribution in [3.63, 3.8) is 0 Å². The fraction of sp³-hybridized carbons (Fsp3) is 0.333. The van der Waals surface area contributed by atoms with E-state index in [1.54, 1.807) is 78.4 Å². The van der Waals surface area contributed by atoms with Crippen LogP contribution in [0.1, 0.15) is 11.1 Å². The number of methoxy groups -OCH3 is 6. The molecule has 0 aliphatic carbocycles. The van der Waals surface area contributed by atoms with Gasteiger partial charge in [0, 0.05) is 30.3 Å². The van der Waals surface area contributed by atoms with Crippen LogP contribution in [0.25, 0.3) is 6.08 Å². The lowest BCUT2D eigenvalue weighted by Gasteiger charge is -2.16. The summed E-state index contributed by atoms with van der Waals surface area (Å²) in [5.41, 5.74) is 1.35. The van der Waals surface area contributed by atoms with E-state index in [-0.39, 0.29) is 5.75 Å². The van der Waals surface area contributed by atoms with Crippen LogP contribution in [-0.2, 0) is 16.9 Å². The molecule has 0 heterocycles. The standard InChI is InChI=1S/C21H26O7S/c1-23-14-9-18(25-3)16(19(10-14)26-4)7-8-29(22)13-17-20(27-5)11-15(24-2)12-21(17)28-6/h7-12H,13H2,1-6H3. The highest BCUT2D eigenvalue weighted by atomic mass is 32.2. The molecule has 0 amide bonds. The lowest BCUT2D eigenvalue weighted by molar-refractivity contribution is 0.370. The van der Waals surface area contributed by atoms with Gasteiger partial charge in [0.25, 0.3) is 0 Å². The van der Waals surface area contributed by atoms with E-state index in [1.165, 1.54) is 0 Å². The van der Waals surface area contributed by atoms with Crippen molar-refractivity contribution in [2.24, 2.45) is 0 Å². The minimum atomic E-state index is -1.36. The first-order valence-electron chi connectivity index (χ1n) is 8.65. The smallest absolute Gasteiger partial charge is 0.142 e. The summed E-state index contributed by atoms with van der Waals surface area (Å²) in [6, 6.07) is 6.93. The van der Waals surface area contributed by atoms with Crippen LogP contribution >= 0.6 is 0 Å². The monoisotopic (exact) mass is 422 g/mol. The van der Waals surface area contributed by atoms with Gasteiger partial charge in [-0.2, -0.15) is 0 Å². The molecular weight excluding hydrogens is 396 g/mol. The van der Waals surface area contributed by atoms with E-state index in [1.807, 2.05) is 0 Å². The second kappa shape index (κ2) is 10.7. The first-order valence-corrected chi connectivity index (χ1v) is 10.0. The summed E-state index contributed by atoms with van der Waals surface area (Å²) in [6.45, 7) is 0. The molecule has 0 saturated heterocycles. The quantitative estimate of drug-likeness (QED) is 0.541. The Bertz CT molecular complexity index is 801. The molecule has 0 aromatic heterocycles. The molecule has 0 spiro atoms. The molecule has 0 radical (unpaired) electrons. The number of ether oxygens (including phenoxy) is 6. The van der Waals surface area contributed by atoms with Gasteiger partial charge in [-0.05, 0) is 11.2 Å². The zero-order valence-corrected chi connectivity index (χ0v) is 18.3. The highest BCUT2D eigenvalue weighted by molar-refractivity contribution is 7.93. The van der Waals surface area contributed by atoms with Crippen LogP contribution < -0.4 is 28.4 Å². The average Bonchev–Trinajstić information content (AvgIpc) is 2.76. The van der Waals surface area contributed by atoms with E-state index < -0.39 is 11.2 Å². The average molecular weight is 422 g/mol. The number of rotatable bonds is 10. The Morgan fingerprint density at radius 2 is 1.10 bits per heavy atom. The third kappa shape index (κ3) is 5.42. The summed E-state index contributed by atoms with van der Waals surface area (Å²) in [7, 11) is 9.32. The summed E-state index contributed by atoms with van der Waals surface area (Å²) in [6.07, 6.45) is 1.70. The van der Waals surface area contributed by atoms with Crippen LogP contribution in [0.15, 0.2) is 29.7 Å². The van der Waals surface area contributed by atoms with Gasteiger partial charge < -0.3 is 33.0 Å². The molecule has 2 rings (SSSR count). The van der Waals surface area contributed by atoms with Crippen molar-refractivity contribution in [2.75, 3.05) is 42.7 Å². The van der Waals surface area contributed by atoms with Crippen LogP contribution in [0, 0.1) is 0 Å². The first-order chi connectivity index (χ1) is 14.0. The van der Waals surface area contributed by atoms with Crippen LogP contribution in [0.4, 0.5) is 0 Å². The molecule has 158 valence electrons. The van der Waals surface area contributed by atoms with Crippen molar-refractivity contribution in [3.05, 3.63) is 40.8 Å². The van der Waals surface area contributed by atoms with Crippen LogP contribution in [0.2, 0.25) is 0 Å². The predicted molar refractivity (Wildman–Crippen MR) is 113 cm³/mol. The van der Waals surface area contributed by atoms with Crippen LogP contribution in [0.3, 0.4) is 0 Å². The van der Waals surface area contributed by atoms with E-state index in [4.69, 9.17) is 28.4 Å². The summed E-state index contributed by atoms with van der Waals surface area (Å²) in [5, 5.41) is 1.58. The molecule has 0 aliphatic heterocycles. The van der Waals surface area contributed by atoms with E-state index in [0.29, 0.717) is 45.6 Å². The molecule has 8 heteroatoms. The maximum absolute atomic E-state index is 12.8. The maximum atomic E-state index is 12.8. The summed E-state index contributed by atoms with van der Waals surface area (Å²) < 4.78 is 44.9. The molecule has 0 aliphatic rings.